The van der Waals surface area contributed by atoms with Crippen molar-refractivity contribution >= 4 is 33.4 Å². The number of ether oxygens (including phenoxy) is 1. The molecule has 1 fully saturated rings. The molecule has 104 valence electrons. The molecule has 0 aliphatic heterocycles. The average Bonchev–Trinajstić information content (AvgIpc) is 2.87. The van der Waals surface area contributed by atoms with Gasteiger partial charge in [0.2, 0.25) is 0 Å². The van der Waals surface area contributed by atoms with E-state index in [1.807, 2.05) is 0 Å². The minimum Gasteiger partial charge on any atom is -0.496 e. The Morgan fingerprint density at radius 1 is 1.47 bits per heavy atom. The maximum absolute atomic E-state index is 12.4. The molecule has 1 aliphatic carbocycles. The first-order valence-electron chi connectivity index (χ1n) is 6.32. The number of alkyl halides is 1. The van der Waals surface area contributed by atoms with Crippen LogP contribution in [0, 0.1) is 0 Å². The number of amides is 1. The maximum Gasteiger partial charge on any atom is 0.255 e. The molecule has 1 aromatic carbocycles. The van der Waals surface area contributed by atoms with Crippen molar-refractivity contribution in [1.29, 1.82) is 0 Å². The molecule has 2 rings (SSSR count). The van der Waals surface area contributed by atoms with E-state index in [9.17, 15) is 4.79 Å². The first kappa shape index (κ1) is 14.7. The van der Waals surface area contributed by atoms with Gasteiger partial charge in [0.05, 0.1) is 18.2 Å². The van der Waals surface area contributed by atoms with Gasteiger partial charge in [0.25, 0.3) is 5.91 Å². The minimum atomic E-state index is -0.123. The van der Waals surface area contributed by atoms with E-state index < -0.39 is 0 Å². The molecule has 0 heterocycles. The lowest BCUT2D eigenvalue weighted by Gasteiger charge is -2.28. The Balaban J connectivity index is 2.20. The number of benzene rings is 1. The normalized spacial score (nSPS) is 17.2. The number of nitrogens with one attached hydrogen (secondary N) is 1. The summed E-state index contributed by atoms with van der Waals surface area (Å²) in [6, 6.07) is 5.06. The van der Waals surface area contributed by atoms with E-state index in [4.69, 9.17) is 16.3 Å². The van der Waals surface area contributed by atoms with Gasteiger partial charge in [0.15, 0.2) is 0 Å². The highest BCUT2D eigenvalue weighted by atomic mass is 79.9. The molecule has 1 aromatic rings. The van der Waals surface area contributed by atoms with E-state index in [0.717, 1.165) is 31.0 Å². The fourth-order valence-corrected chi connectivity index (χ4v) is 3.37. The molecule has 0 atom stereocenters. The van der Waals surface area contributed by atoms with E-state index in [2.05, 4.69) is 21.2 Å². The lowest BCUT2D eigenvalue weighted by molar-refractivity contribution is 0.0907. The van der Waals surface area contributed by atoms with Crippen LogP contribution in [0.2, 0.25) is 5.02 Å². The van der Waals surface area contributed by atoms with Gasteiger partial charge >= 0.3 is 0 Å². The highest BCUT2D eigenvalue weighted by molar-refractivity contribution is 9.09. The van der Waals surface area contributed by atoms with Crippen molar-refractivity contribution in [2.45, 2.75) is 31.2 Å². The highest BCUT2D eigenvalue weighted by Crippen LogP contribution is 2.32. The molecule has 1 saturated carbocycles. The van der Waals surface area contributed by atoms with Gasteiger partial charge in [-0.2, -0.15) is 0 Å². The summed E-state index contributed by atoms with van der Waals surface area (Å²) in [7, 11) is 1.54. The van der Waals surface area contributed by atoms with Crippen LogP contribution in [-0.2, 0) is 0 Å². The number of rotatable bonds is 4. The maximum atomic E-state index is 12.4. The van der Waals surface area contributed by atoms with Crippen LogP contribution < -0.4 is 10.1 Å². The van der Waals surface area contributed by atoms with Gasteiger partial charge in [-0.25, -0.2) is 0 Å². The largest absolute Gasteiger partial charge is 0.496 e. The van der Waals surface area contributed by atoms with Crippen molar-refractivity contribution in [3.63, 3.8) is 0 Å². The van der Waals surface area contributed by atoms with Gasteiger partial charge in [-0.3, -0.25) is 4.79 Å². The van der Waals surface area contributed by atoms with Crippen molar-refractivity contribution in [3.05, 3.63) is 28.8 Å². The van der Waals surface area contributed by atoms with Crippen molar-refractivity contribution in [2.75, 3.05) is 12.4 Å². The molecule has 0 saturated heterocycles. The van der Waals surface area contributed by atoms with Gasteiger partial charge in [-0.15, -0.1) is 0 Å². The lowest BCUT2D eigenvalue weighted by Crippen LogP contribution is -2.47. The molecule has 3 nitrogen and oxygen atoms in total. The summed E-state index contributed by atoms with van der Waals surface area (Å²) in [6.45, 7) is 0. The van der Waals surface area contributed by atoms with Crippen LogP contribution in [0.1, 0.15) is 36.0 Å². The van der Waals surface area contributed by atoms with Gasteiger partial charge < -0.3 is 10.1 Å². The summed E-state index contributed by atoms with van der Waals surface area (Å²) in [5.74, 6) is 0.405. The standard InChI is InChI=1S/C14H17BrClNO2/c1-19-12-8-10(16)4-5-11(12)13(18)17-14(9-15)6-2-3-7-14/h4-5,8H,2-3,6-7,9H2,1H3,(H,17,18). The first-order chi connectivity index (χ1) is 9.10. The molecule has 0 aromatic heterocycles. The SMILES string of the molecule is COc1cc(Cl)ccc1C(=O)NC1(CBr)CCCC1. The summed E-state index contributed by atoms with van der Waals surface area (Å²) < 4.78 is 5.22. The zero-order chi connectivity index (χ0) is 13.9. The second-order valence-corrected chi connectivity index (χ2v) is 5.92. The Kier molecular flexibility index (Phi) is 4.74. The van der Waals surface area contributed by atoms with E-state index >= 15 is 0 Å². The van der Waals surface area contributed by atoms with E-state index in [0.29, 0.717) is 16.3 Å². The highest BCUT2D eigenvalue weighted by Gasteiger charge is 2.34. The summed E-state index contributed by atoms with van der Waals surface area (Å²) in [5, 5.41) is 4.48. The van der Waals surface area contributed by atoms with Gasteiger partial charge in [-0.05, 0) is 31.0 Å². The van der Waals surface area contributed by atoms with Crippen LogP contribution in [-0.4, -0.2) is 23.9 Å². The summed E-state index contributed by atoms with van der Waals surface area (Å²) in [4.78, 5) is 12.4. The quantitative estimate of drug-likeness (QED) is 0.843. The van der Waals surface area contributed by atoms with Crippen molar-refractivity contribution in [3.8, 4) is 5.75 Å². The second kappa shape index (κ2) is 6.14. The van der Waals surface area contributed by atoms with Crippen LogP contribution in [0.3, 0.4) is 0 Å². The third-order valence-electron chi connectivity index (χ3n) is 3.60. The molecule has 0 spiro atoms. The Morgan fingerprint density at radius 2 is 2.16 bits per heavy atom. The van der Waals surface area contributed by atoms with Crippen LogP contribution in [0.15, 0.2) is 18.2 Å². The summed E-state index contributed by atoms with van der Waals surface area (Å²) >= 11 is 9.42. The number of carbonyl (C=O) groups excluding carboxylic acids is 1. The van der Waals surface area contributed by atoms with Crippen LogP contribution in [0.25, 0.3) is 0 Å². The van der Waals surface area contributed by atoms with E-state index in [-0.39, 0.29) is 11.4 Å². The monoisotopic (exact) mass is 345 g/mol. The Bertz CT molecular complexity index is 473. The fourth-order valence-electron chi connectivity index (χ4n) is 2.50. The molecule has 5 heteroatoms. The fraction of sp³-hybridized carbons (Fsp3) is 0.500. The predicted octanol–water partition coefficient (Wildman–Crippen LogP) is 3.79. The number of methoxy groups -OCH3 is 1. The number of hydrogen-bond donors (Lipinski definition) is 1. The average molecular weight is 347 g/mol. The van der Waals surface area contributed by atoms with Gasteiger partial charge in [0.1, 0.15) is 5.75 Å². The zero-order valence-corrected chi connectivity index (χ0v) is 13.2. The molecule has 0 bridgehead atoms. The van der Waals surface area contributed by atoms with Crippen molar-refractivity contribution in [2.24, 2.45) is 0 Å². The smallest absolute Gasteiger partial charge is 0.255 e. The lowest BCUT2D eigenvalue weighted by atomic mass is 10.00. The number of carbonyl (C=O) groups is 1. The van der Waals surface area contributed by atoms with Gasteiger partial charge in [-0.1, -0.05) is 40.4 Å². The third-order valence-corrected chi connectivity index (χ3v) is 4.91. The number of hydrogen-bond acceptors (Lipinski definition) is 2. The zero-order valence-electron chi connectivity index (χ0n) is 10.8. The number of halogens is 2. The second-order valence-electron chi connectivity index (χ2n) is 4.92. The third kappa shape index (κ3) is 3.23. The molecular weight excluding hydrogens is 330 g/mol. The van der Waals surface area contributed by atoms with Gasteiger partial charge in [0, 0.05) is 10.4 Å². The molecule has 0 radical (unpaired) electrons. The van der Waals surface area contributed by atoms with E-state index in [1.165, 1.54) is 7.11 Å². The molecule has 1 aliphatic rings. The van der Waals surface area contributed by atoms with Crippen molar-refractivity contribution in [1.82, 2.24) is 5.32 Å². The molecule has 1 N–H and O–H groups in total. The molecule has 19 heavy (non-hydrogen) atoms. The molecular formula is C14H17BrClNO2. The van der Waals surface area contributed by atoms with Crippen LogP contribution >= 0.6 is 27.5 Å². The Morgan fingerprint density at radius 3 is 2.74 bits per heavy atom. The summed E-state index contributed by atoms with van der Waals surface area (Å²) in [6.07, 6.45) is 4.34. The topological polar surface area (TPSA) is 38.3 Å². The molecule has 1 amide bonds. The van der Waals surface area contributed by atoms with E-state index in [1.54, 1.807) is 18.2 Å². The first-order valence-corrected chi connectivity index (χ1v) is 7.82. The summed E-state index contributed by atoms with van der Waals surface area (Å²) in [5.41, 5.74) is 0.404. The minimum absolute atomic E-state index is 0.102. The van der Waals surface area contributed by atoms with Crippen LogP contribution in [0.5, 0.6) is 5.75 Å². The molecule has 0 unspecified atom stereocenters. The van der Waals surface area contributed by atoms with Crippen molar-refractivity contribution < 1.29 is 9.53 Å². The Hall–Kier alpha value is -0.740. The predicted molar refractivity (Wildman–Crippen MR) is 80.5 cm³/mol. The Labute approximate surface area is 126 Å². The van der Waals surface area contributed by atoms with Crippen LogP contribution in [0.4, 0.5) is 0 Å².